The molecular weight excluding hydrogens is 326 g/mol. The van der Waals surface area contributed by atoms with Crippen LogP contribution in [0.1, 0.15) is 38.7 Å². The van der Waals surface area contributed by atoms with E-state index in [1.807, 2.05) is 29.1 Å². The van der Waals surface area contributed by atoms with Crippen molar-refractivity contribution in [3.8, 4) is 5.75 Å². The van der Waals surface area contributed by atoms with E-state index in [0.717, 1.165) is 62.8 Å². The molecule has 1 aromatic carbocycles. The highest BCUT2D eigenvalue weighted by Gasteiger charge is 2.00. The van der Waals surface area contributed by atoms with Gasteiger partial charge in [0.2, 0.25) is 0 Å². The fraction of sp³-hybridized carbons (Fsp3) is 0.500. The molecule has 0 aliphatic carbocycles. The van der Waals surface area contributed by atoms with Crippen molar-refractivity contribution in [3.05, 3.63) is 48.3 Å². The van der Waals surface area contributed by atoms with Crippen LogP contribution in [-0.4, -0.2) is 35.4 Å². The number of aryl methyl sites for hydroxylation is 1. The van der Waals surface area contributed by atoms with Crippen molar-refractivity contribution in [2.45, 2.75) is 46.2 Å². The molecule has 0 saturated carbocycles. The molecule has 0 unspecified atom stereocenters. The molecule has 0 saturated heterocycles. The standard InChI is InChI=1S/C20H31N5O/c1-3-5-15-26-19-10-6-9-18(16-19)17-23-20(21-4-2)22-11-7-13-25-14-8-12-24-25/h6,8-10,12,14,16H,3-5,7,11,13,15,17H2,1-2H3,(H2,21,22,23). The van der Waals surface area contributed by atoms with Crippen LogP contribution < -0.4 is 15.4 Å². The first-order chi connectivity index (χ1) is 12.8. The van der Waals surface area contributed by atoms with Gasteiger partial charge in [-0.25, -0.2) is 4.99 Å². The van der Waals surface area contributed by atoms with Crippen LogP contribution in [0.2, 0.25) is 0 Å². The van der Waals surface area contributed by atoms with Crippen LogP contribution in [0.15, 0.2) is 47.7 Å². The third kappa shape index (κ3) is 7.59. The summed E-state index contributed by atoms with van der Waals surface area (Å²) in [5.41, 5.74) is 1.15. The average Bonchev–Trinajstić information content (AvgIpc) is 3.17. The van der Waals surface area contributed by atoms with Crippen LogP contribution in [0.3, 0.4) is 0 Å². The average molecular weight is 358 g/mol. The van der Waals surface area contributed by atoms with Gasteiger partial charge in [0.15, 0.2) is 5.96 Å². The van der Waals surface area contributed by atoms with Gasteiger partial charge in [-0.3, -0.25) is 4.68 Å². The lowest BCUT2D eigenvalue weighted by molar-refractivity contribution is 0.309. The van der Waals surface area contributed by atoms with Crippen LogP contribution in [0, 0.1) is 0 Å². The summed E-state index contributed by atoms with van der Waals surface area (Å²) in [7, 11) is 0. The Bertz CT molecular complexity index is 639. The van der Waals surface area contributed by atoms with Crippen LogP contribution in [0.4, 0.5) is 0 Å². The summed E-state index contributed by atoms with van der Waals surface area (Å²) >= 11 is 0. The molecule has 0 bridgehead atoms. The van der Waals surface area contributed by atoms with Gasteiger partial charge in [-0.2, -0.15) is 5.10 Å². The number of hydrogen-bond donors (Lipinski definition) is 2. The van der Waals surface area contributed by atoms with Crippen molar-refractivity contribution in [2.75, 3.05) is 19.7 Å². The minimum atomic E-state index is 0.624. The number of benzene rings is 1. The number of hydrogen-bond acceptors (Lipinski definition) is 3. The summed E-state index contributed by atoms with van der Waals surface area (Å²) in [6.45, 7) is 8.22. The zero-order valence-electron chi connectivity index (χ0n) is 15.9. The molecule has 26 heavy (non-hydrogen) atoms. The maximum Gasteiger partial charge on any atom is 0.191 e. The van der Waals surface area contributed by atoms with Crippen molar-refractivity contribution >= 4 is 5.96 Å². The summed E-state index contributed by atoms with van der Waals surface area (Å²) in [6.07, 6.45) is 7.00. The van der Waals surface area contributed by atoms with E-state index < -0.39 is 0 Å². The molecule has 0 spiro atoms. The molecule has 0 aliphatic heterocycles. The second-order valence-electron chi connectivity index (χ2n) is 6.09. The molecule has 2 rings (SSSR count). The van der Waals surface area contributed by atoms with Gasteiger partial charge in [-0.1, -0.05) is 25.5 Å². The summed E-state index contributed by atoms with van der Waals surface area (Å²) in [5, 5.41) is 10.9. The van der Waals surface area contributed by atoms with Gasteiger partial charge >= 0.3 is 0 Å². The van der Waals surface area contributed by atoms with E-state index in [1.54, 1.807) is 6.20 Å². The quantitative estimate of drug-likeness (QED) is 0.368. The second kappa shape index (κ2) is 12.0. The normalized spacial score (nSPS) is 11.4. The van der Waals surface area contributed by atoms with E-state index in [9.17, 15) is 0 Å². The van der Waals surface area contributed by atoms with Crippen molar-refractivity contribution in [1.82, 2.24) is 20.4 Å². The Hall–Kier alpha value is -2.50. The Balaban J connectivity index is 1.80. The summed E-state index contributed by atoms with van der Waals surface area (Å²) < 4.78 is 7.71. The predicted octanol–water partition coefficient (Wildman–Crippen LogP) is 3.21. The maximum absolute atomic E-state index is 5.77. The molecule has 0 atom stereocenters. The number of guanidine groups is 1. The number of aliphatic imine (C=N–C) groups is 1. The van der Waals surface area contributed by atoms with Crippen molar-refractivity contribution in [1.29, 1.82) is 0 Å². The van der Waals surface area contributed by atoms with Gasteiger partial charge < -0.3 is 15.4 Å². The summed E-state index contributed by atoms with van der Waals surface area (Å²) in [4.78, 5) is 4.67. The van der Waals surface area contributed by atoms with Crippen molar-refractivity contribution in [2.24, 2.45) is 4.99 Å². The fourth-order valence-corrected chi connectivity index (χ4v) is 2.46. The Morgan fingerprint density at radius 1 is 1.19 bits per heavy atom. The first-order valence-corrected chi connectivity index (χ1v) is 9.53. The number of nitrogens with zero attached hydrogens (tertiary/aromatic N) is 3. The lowest BCUT2D eigenvalue weighted by Crippen LogP contribution is -2.38. The number of unbranched alkanes of at least 4 members (excludes halogenated alkanes) is 1. The highest BCUT2D eigenvalue weighted by molar-refractivity contribution is 5.79. The molecule has 0 radical (unpaired) electrons. The molecule has 2 aromatic rings. The number of aromatic nitrogens is 2. The third-order valence-corrected chi connectivity index (χ3v) is 3.84. The minimum absolute atomic E-state index is 0.624. The predicted molar refractivity (Wildman–Crippen MR) is 107 cm³/mol. The summed E-state index contributed by atoms with van der Waals surface area (Å²) in [6, 6.07) is 10.1. The van der Waals surface area contributed by atoms with E-state index in [1.165, 1.54) is 0 Å². The molecule has 1 aromatic heterocycles. The lowest BCUT2D eigenvalue weighted by atomic mass is 10.2. The fourth-order valence-electron chi connectivity index (χ4n) is 2.46. The van der Waals surface area contributed by atoms with E-state index in [4.69, 9.17) is 4.74 Å². The SMILES string of the molecule is CCCCOc1cccc(CN=C(NCC)NCCCn2cccn2)c1. The molecule has 0 fully saturated rings. The molecule has 142 valence electrons. The van der Waals surface area contributed by atoms with Gasteiger partial charge in [0.05, 0.1) is 13.2 Å². The number of nitrogens with one attached hydrogen (secondary N) is 2. The van der Waals surface area contributed by atoms with Crippen molar-refractivity contribution in [3.63, 3.8) is 0 Å². The van der Waals surface area contributed by atoms with Crippen LogP contribution >= 0.6 is 0 Å². The molecular formula is C20H31N5O. The van der Waals surface area contributed by atoms with Crippen LogP contribution in [-0.2, 0) is 13.1 Å². The topological polar surface area (TPSA) is 63.5 Å². The monoisotopic (exact) mass is 357 g/mol. The van der Waals surface area contributed by atoms with Crippen LogP contribution in [0.25, 0.3) is 0 Å². The Morgan fingerprint density at radius 2 is 2.12 bits per heavy atom. The van der Waals surface area contributed by atoms with Gasteiger partial charge in [0.25, 0.3) is 0 Å². The smallest absolute Gasteiger partial charge is 0.191 e. The van der Waals surface area contributed by atoms with E-state index in [-0.39, 0.29) is 0 Å². The Labute approximate surface area is 156 Å². The Kier molecular flexibility index (Phi) is 9.11. The highest BCUT2D eigenvalue weighted by atomic mass is 16.5. The van der Waals surface area contributed by atoms with Crippen molar-refractivity contribution < 1.29 is 4.74 Å². The highest BCUT2D eigenvalue weighted by Crippen LogP contribution is 2.14. The Morgan fingerprint density at radius 3 is 2.88 bits per heavy atom. The first-order valence-electron chi connectivity index (χ1n) is 9.53. The van der Waals surface area contributed by atoms with Gasteiger partial charge in [-0.05, 0) is 43.5 Å². The molecule has 2 N–H and O–H groups in total. The first kappa shape index (κ1) is 19.8. The lowest BCUT2D eigenvalue weighted by Gasteiger charge is -2.12. The molecule has 0 aliphatic rings. The van der Waals surface area contributed by atoms with E-state index in [2.05, 4.69) is 46.7 Å². The molecule has 0 amide bonds. The second-order valence-corrected chi connectivity index (χ2v) is 6.09. The molecule has 6 heteroatoms. The zero-order chi connectivity index (χ0) is 18.5. The molecule has 1 heterocycles. The third-order valence-electron chi connectivity index (χ3n) is 3.84. The van der Waals surface area contributed by atoms with Gasteiger partial charge in [0, 0.05) is 32.0 Å². The largest absolute Gasteiger partial charge is 0.494 e. The number of rotatable bonds is 11. The van der Waals surface area contributed by atoms with Gasteiger partial charge in [-0.15, -0.1) is 0 Å². The number of ether oxygens (including phenoxy) is 1. The molecule has 6 nitrogen and oxygen atoms in total. The van der Waals surface area contributed by atoms with E-state index >= 15 is 0 Å². The zero-order valence-corrected chi connectivity index (χ0v) is 15.9. The summed E-state index contributed by atoms with van der Waals surface area (Å²) in [5.74, 6) is 1.76. The van der Waals surface area contributed by atoms with Gasteiger partial charge in [0.1, 0.15) is 5.75 Å². The maximum atomic E-state index is 5.77. The van der Waals surface area contributed by atoms with Crippen LogP contribution in [0.5, 0.6) is 5.75 Å². The van der Waals surface area contributed by atoms with E-state index in [0.29, 0.717) is 6.54 Å². The minimum Gasteiger partial charge on any atom is -0.494 e.